The highest BCUT2D eigenvalue weighted by atomic mass is 16.4. The first-order chi connectivity index (χ1) is 9.16. The van der Waals surface area contributed by atoms with Gasteiger partial charge in [0.15, 0.2) is 0 Å². The van der Waals surface area contributed by atoms with E-state index < -0.39 is 12.1 Å². The third kappa shape index (κ3) is 3.66. The van der Waals surface area contributed by atoms with E-state index in [1.54, 1.807) is 18.2 Å². The standard InChI is InChI=1S/C16H16O3/c17-15(13-6-2-1-3-7-13)10-9-12-5-4-8-14(11-12)16(18)19/h1-8,11,15,17H,9-10H2,(H,18,19)/t15-/m1/s1. The second kappa shape index (κ2) is 6.16. The Kier molecular flexibility index (Phi) is 4.31. The van der Waals surface area contributed by atoms with Crippen molar-refractivity contribution in [1.82, 2.24) is 0 Å². The van der Waals surface area contributed by atoms with E-state index in [0.717, 1.165) is 11.1 Å². The zero-order valence-corrected chi connectivity index (χ0v) is 10.5. The van der Waals surface area contributed by atoms with Gasteiger partial charge in [0.1, 0.15) is 0 Å². The van der Waals surface area contributed by atoms with Gasteiger partial charge in [0.05, 0.1) is 11.7 Å². The monoisotopic (exact) mass is 256 g/mol. The molecule has 0 heterocycles. The molecule has 0 fully saturated rings. The molecule has 0 unspecified atom stereocenters. The van der Waals surface area contributed by atoms with Crippen LogP contribution in [0, 0.1) is 0 Å². The van der Waals surface area contributed by atoms with Crippen molar-refractivity contribution in [2.75, 3.05) is 0 Å². The summed E-state index contributed by atoms with van der Waals surface area (Å²) in [5, 5.41) is 19.0. The number of carboxylic acids is 1. The summed E-state index contributed by atoms with van der Waals surface area (Å²) in [5.74, 6) is -0.926. The molecule has 0 saturated carbocycles. The van der Waals surface area contributed by atoms with E-state index in [2.05, 4.69) is 0 Å². The summed E-state index contributed by atoms with van der Waals surface area (Å²) in [4.78, 5) is 10.9. The number of carboxylic acid groups (broad SMARTS) is 1. The predicted octanol–water partition coefficient (Wildman–Crippen LogP) is 3.05. The Morgan fingerprint density at radius 3 is 2.47 bits per heavy atom. The van der Waals surface area contributed by atoms with Gasteiger partial charge in [-0.25, -0.2) is 4.79 Å². The Bertz CT molecular complexity index is 549. The van der Waals surface area contributed by atoms with Crippen LogP contribution in [0.2, 0.25) is 0 Å². The van der Waals surface area contributed by atoms with Gasteiger partial charge in [-0.05, 0) is 36.1 Å². The molecule has 0 aliphatic carbocycles. The Balaban J connectivity index is 1.99. The Hall–Kier alpha value is -2.13. The van der Waals surface area contributed by atoms with Crippen molar-refractivity contribution in [3.05, 3.63) is 71.3 Å². The molecule has 0 aromatic heterocycles. The number of aliphatic hydroxyl groups excluding tert-OH is 1. The highest BCUT2D eigenvalue weighted by molar-refractivity contribution is 5.87. The van der Waals surface area contributed by atoms with Crippen molar-refractivity contribution in [3.8, 4) is 0 Å². The van der Waals surface area contributed by atoms with Gasteiger partial charge in [-0.2, -0.15) is 0 Å². The molecule has 2 aromatic carbocycles. The number of hydrogen-bond acceptors (Lipinski definition) is 2. The van der Waals surface area contributed by atoms with E-state index in [9.17, 15) is 9.90 Å². The fourth-order valence-electron chi connectivity index (χ4n) is 2.01. The van der Waals surface area contributed by atoms with Crippen molar-refractivity contribution in [2.45, 2.75) is 18.9 Å². The summed E-state index contributed by atoms with van der Waals surface area (Å²) in [6.45, 7) is 0. The second-order valence-corrected chi connectivity index (χ2v) is 4.47. The van der Waals surface area contributed by atoms with Gasteiger partial charge in [-0.15, -0.1) is 0 Å². The van der Waals surface area contributed by atoms with E-state index in [4.69, 9.17) is 5.11 Å². The maximum atomic E-state index is 10.9. The van der Waals surface area contributed by atoms with Gasteiger partial charge >= 0.3 is 5.97 Å². The summed E-state index contributed by atoms with van der Waals surface area (Å²) in [5.41, 5.74) is 2.10. The van der Waals surface area contributed by atoms with Crippen molar-refractivity contribution >= 4 is 5.97 Å². The van der Waals surface area contributed by atoms with Crippen LogP contribution in [-0.2, 0) is 6.42 Å². The van der Waals surface area contributed by atoms with Gasteiger partial charge in [-0.3, -0.25) is 0 Å². The van der Waals surface area contributed by atoms with Crippen LogP contribution in [0.1, 0.15) is 34.0 Å². The first kappa shape index (κ1) is 13.3. The van der Waals surface area contributed by atoms with Gasteiger partial charge in [-0.1, -0.05) is 42.5 Å². The topological polar surface area (TPSA) is 57.5 Å². The lowest BCUT2D eigenvalue weighted by Gasteiger charge is -2.11. The summed E-state index contributed by atoms with van der Waals surface area (Å²) >= 11 is 0. The lowest BCUT2D eigenvalue weighted by atomic mass is 10.0. The molecule has 3 heteroatoms. The van der Waals surface area contributed by atoms with Crippen molar-refractivity contribution in [3.63, 3.8) is 0 Å². The average Bonchev–Trinajstić information content (AvgIpc) is 2.46. The van der Waals surface area contributed by atoms with Crippen LogP contribution in [0.3, 0.4) is 0 Å². The van der Waals surface area contributed by atoms with Crippen LogP contribution < -0.4 is 0 Å². The number of aliphatic hydroxyl groups is 1. The molecule has 19 heavy (non-hydrogen) atoms. The van der Waals surface area contributed by atoms with Crippen LogP contribution >= 0.6 is 0 Å². The Morgan fingerprint density at radius 1 is 1.05 bits per heavy atom. The van der Waals surface area contributed by atoms with Crippen LogP contribution in [0.15, 0.2) is 54.6 Å². The van der Waals surface area contributed by atoms with Gasteiger partial charge < -0.3 is 10.2 Å². The molecule has 2 N–H and O–H groups in total. The minimum Gasteiger partial charge on any atom is -0.478 e. The molecule has 3 nitrogen and oxygen atoms in total. The summed E-state index contributed by atoms with van der Waals surface area (Å²) in [7, 11) is 0. The SMILES string of the molecule is O=C(O)c1cccc(CC[C@@H](O)c2ccccc2)c1. The quantitative estimate of drug-likeness (QED) is 0.864. The van der Waals surface area contributed by atoms with E-state index in [0.29, 0.717) is 12.8 Å². The third-order valence-corrected chi connectivity index (χ3v) is 3.06. The van der Waals surface area contributed by atoms with Crippen LogP contribution in [0.4, 0.5) is 0 Å². The smallest absolute Gasteiger partial charge is 0.335 e. The molecule has 0 spiro atoms. The molecule has 98 valence electrons. The lowest BCUT2D eigenvalue weighted by Crippen LogP contribution is -2.01. The van der Waals surface area contributed by atoms with Crippen LogP contribution in [0.25, 0.3) is 0 Å². The maximum absolute atomic E-state index is 10.9. The van der Waals surface area contributed by atoms with E-state index in [1.165, 1.54) is 0 Å². The Morgan fingerprint density at radius 2 is 1.79 bits per heavy atom. The molecule has 0 aliphatic rings. The number of aryl methyl sites for hydroxylation is 1. The van der Waals surface area contributed by atoms with Crippen molar-refractivity contribution in [2.24, 2.45) is 0 Å². The number of rotatable bonds is 5. The van der Waals surface area contributed by atoms with Crippen molar-refractivity contribution < 1.29 is 15.0 Å². The average molecular weight is 256 g/mol. The van der Waals surface area contributed by atoms with Gasteiger partial charge in [0.25, 0.3) is 0 Å². The highest BCUT2D eigenvalue weighted by Gasteiger charge is 2.08. The van der Waals surface area contributed by atoms with Crippen LogP contribution in [0.5, 0.6) is 0 Å². The molecule has 0 amide bonds. The van der Waals surface area contributed by atoms with E-state index in [-0.39, 0.29) is 5.56 Å². The van der Waals surface area contributed by atoms with Crippen LogP contribution in [-0.4, -0.2) is 16.2 Å². The lowest BCUT2D eigenvalue weighted by molar-refractivity contribution is 0.0697. The third-order valence-electron chi connectivity index (χ3n) is 3.06. The molecule has 0 bridgehead atoms. The molecule has 0 aliphatic heterocycles. The number of aromatic carboxylic acids is 1. The molecule has 2 rings (SSSR count). The normalized spacial score (nSPS) is 12.1. The molecular formula is C16H16O3. The Labute approximate surface area is 112 Å². The molecule has 1 atom stereocenters. The highest BCUT2D eigenvalue weighted by Crippen LogP contribution is 2.19. The van der Waals surface area contributed by atoms with E-state index >= 15 is 0 Å². The molecule has 2 aromatic rings. The van der Waals surface area contributed by atoms with Gasteiger partial charge in [0.2, 0.25) is 0 Å². The minimum atomic E-state index is -0.926. The first-order valence-electron chi connectivity index (χ1n) is 6.22. The second-order valence-electron chi connectivity index (χ2n) is 4.47. The molecular weight excluding hydrogens is 240 g/mol. The number of benzene rings is 2. The number of hydrogen-bond donors (Lipinski definition) is 2. The summed E-state index contributed by atoms with van der Waals surface area (Å²) in [6, 6.07) is 16.3. The zero-order valence-electron chi connectivity index (χ0n) is 10.5. The summed E-state index contributed by atoms with van der Waals surface area (Å²) < 4.78 is 0. The maximum Gasteiger partial charge on any atom is 0.335 e. The zero-order chi connectivity index (χ0) is 13.7. The minimum absolute atomic E-state index is 0.284. The molecule has 0 saturated heterocycles. The first-order valence-corrected chi connectivity index (χ1v) is 6.22. The fourth-order valence-corrected chi connectivity index (χ4v) is 2.01. The van der Waals surface area contributed by atoms with E-state index in [1.807, 2.05) is 36.4 Å². The predicted molar refractivity (Wildman–Crippen MR) is 73.1 cm³/mol. The van der Waals surface area contributed by atoms with Crippen molar-refractivity contribution in [1.29, 1.82) is 0 Å². The summed E-state index contributed by atoms with van der Waals surface area (Å²) in [6.07, 6.45) is 0.708. The van der Waals surface area contributed by atoms with Gasteiger partial charge in [0, 0.05) is 0 Å². The fraction of sp³-hybridized carbons (Fsp3) is 0.188. The molecule has 0 radical (unpaired) electrons. The number of carbonyl (C=O) groups is 1. The largest absolute Gasteiger partial charge is 0.478 e.